The molecule has 0 atom stereocenters. The number of aryl methyl sites for hydroxylation is 1. The maximum absolute atomic E-state index is 12.7. The van der Waals surface area contributed by atoms with Gasteiger partial charge in [0.1, 0.15) is 0 Å². The molecule has 3 rings (SSSR count). The van der Waals surface area contributed by atoms with Crippen LogP contribution in [0.1, 0.15) is 42.1 Å². The first-order chi connectivity index (χ1) is 9.81. The number of aromatic nitrogens is 3. The highest BCUT2D eigenvalue weighted by molar-refractivity contribution is 6.05. The Morgan fingerprint density at radius 2 is 2.20 bits per heavy atom. The van der Waals surface area contributed by atoms with Crippen LogP contribution in [0.3, 0.4) is 0 Å². The van der Waals surface area contributed by atoms with Gasteiger partial charge in [-0.25, -0.2) is 4.98 Å². The summed E-state index contributed by atoms with van der Waals surface area (Å²) in [6.45, 7) is 4.81. The van der Waals surface area contributed by atoms with Crippen LogP contribution in [0, 0.1) is 0 Å². The van der Waals surface area contributed by atoms with Crippen molar-refractivity contribution in [2.75, 3.05) is 13.1 Å². The molecule has 5 nitrogen and oxygen atoms in total. The van der Waals surface area contributed by atoms with Crippen LogP contribution >= 0.6 is 0 Å². The van der Waals surface area contributed by atoms with Gasteiger partial charge in [0.25, 0.3) is 0 Å². The smallest absolute Gasteiger partial charge is 0.244 e. The fraction of sp³-hybridized carbons (Fsp3) is 0.467. The Labute approximate surface area is 118 Å². The highest BCUT2D eigenvalue weighted by Crippen LogP contribution is 2.22. The monoisotopic (exact) mass is 272 g/mol. The molecule has 0 amide bonds. The summed E-state index contributed by atoms with van der Waals surface area (Å²) in [4.78, 5) is 16.9. The molecule has 0 radical (unpaired) electrons. The van der Waals surface area contributed by atoms with Gasteiger partial charge in [0, 0.05) is 31.2 Å². The van der Waals surface area contributed by atoms with Crippen LogP contribution in [0.4, 0.5) is 0 Å². The Hall–Kier alpha value is -1.88. The number of piperidine rings is 1. The summed E-state index contributed by atoms with van der Waals surface area (Å²) in [5.74, 6) is 0.543. The molecule has 2 aromatic heterocycles. The van der Waals surface area contributed by atoms with Gasteiger partial charge in [-0.3, -0.25) is 4.79 Å². The number of carbonyl (C=O) groups is 1. The molecule has 1 aliphatic rings. The van der Waals surface area contributed by atoms with E-state index in [9.17, 15) is 4.79 Å². The van der Waals surface area contributed by atoms with Crippen molar-refractivity contribution in [3.8, 4) is 0 Å². The lowest BCUT2D eigenvalue weighted by molar-refractivity contribution is 0.101. The van der Waals surface area contributed by atoms with Gasteiger partial charge in [0.15, 0.2) is 5.82 Å². The Morgan fingerprint density at radius 3 is 2.95 bits per heavy atom. The second kappa shape index (κ2) is 5.63. The molecule has 0 aliphatic carbocycles. The van der Waals surface area contributed by atoms with E-state index in [-0.39, 0.29) is 5.78 Å². The van der Waals surface area contributed by atoms with E-state index in [0.29, 0.717) is 11.9 Å². The molecule has 1 aliphatic heterocycles. The fourth-order valence-electron chi connectivity index (χ4n) is 2.88. The summed E-state index contributed by atoms with van der Waals surface area (Å²) in [5.41, 5.74) is 0.748. The minimum absolute atomic E-state index is 0.0142. The first-order valence-corrected chi connectivity index (χ1v) is 7.24. The zero-order valence-corrected chi connectivity index (χ0v) is 11.7. The third-order valence-corrected chi connectivity index (χ3v) is 3.97. The van der Waals surface area contributed by atoms with Gasteiger partial charge in [-0.1, -0.05) is 0 Å². The summed E-state index contributed by atoms with van der Waals surface area (Å²) >= 11 is 0. The molecule has 1 N–H and O–H groups in total. The van der Waals surface area contributed by atoms with Crippen molar-refractivity contribution < 1.29 is 4.79 Å². The van der Waals surface area contributed by atoms with Crippen LogP contribution in [0.25, 0.3) is 0 Å². The third kappa shape index (κ3) is 2.29. The van der Waals surface area contributed by atoms with Crippen molar-refractivity contribution in [1.82, 2.24) is 19.4 Å². The highest BCUT2D eigenvalue weighted by Gasteiger charge is 2.22. The minimum atomic E-state index is 0.0142. The molecule has 1 fully saturated rings. The van der Waals surface area contributed by atoms with E-state index in [2.05, 4.69) is 14.9 Å². The van der Waals surface area contributed by atoms with Gasteiger partial charge in [0.2, 0.25) is 5.78 Å². The average molecular weight is 272 g/mol. The SMILES string of the molecule is CCn1ccnc1C(=O)c1cccn1C1CCNCC1. The Kier molecular flexibility index (Phi) is 3.69. The maximum Gasteiger partial charge on any atom is 0.244 e. The predicted octanol–water partition coefficient (Wildman–Crippen LogP) is 1.86. The van der Waals surface area contributed by atoms with Gasteiger partial charge in [-0.15, -0.1) is 0 Å². The van der Waals surface area contributed by atoms with Crippen LogP contribution in [0.2, 0.25) is 0 Å². The van der Waals surface area contributed by atoms with E-state index in [1.54, 1.807) is 6.20 Å². The van der Waals surface area contributed by atoms with Crippen LogP contribution in [-0.2, 0) is 6.54 Å². The van der Waals surface area contributed by atoms with Crippen LogP contribution in [0.5, 0.6) is 0 Å². The van der Waals surface area contributed by atoms with Crippen molar-refractivity contribution in [2.45, 2.75) is 32.4 Å². The molecule has 0 saturated carbocycles. The lowest BCUT2D eigenvalue weighted by Gasteiger charge is -2.25. The van der Waals surface area contributed by atoms with Gasteiger partial charge >= 0.3 is 0 Å². The number of hydrogen-bond donors (Lipinski definition) is 1. The molecule has 0 spiro atoms. The highest BCUT2D eigenvalue weighted by atomic mass is 16.1. The van der Waals surface area contributed by atoms with Crippen LogP contribution in [0.15, 0.2) is 30.7 Å². The molecule has 106 valence electrons. The molecule has 1 saturated heterocycles. The van der Waals surface area contributed by atoms with Crippen molar-refractivity contribution in [1.29, 1.82) is 0 Å². The number of ketones is 1. The van der Waals surface area contributed by atoms with E-state index >= 15 is 0 Å². The molecular weight excluding hydrogens is 252 g/mol. The van der Waals surface area contributed by atoms with E-state index in [1.807, 2.05) is 36.0 Å². The summed E-state index contributed by atoms with van der Waals surface area (Å²) in [5, 5.41) is 3.36. The quantitative estimate of drug-likeness (QED) is 0.864. The molecule has 20 heavy (non-hydrogen) atoms. The van der Waals surface area contributed by atoms with E-state index in [4.69, 9.17) is 0 Å². The molecule has 0 aromatic carbocycles. The molecule has 5 heteroatoms. The summed E-state index contributed by atoms with van der Waals surface area (Å²) in [7, 11) is 0. The third-order valence-electron chi connectivity index (χ3n) is 3.97. The standard InChI is InChI=1S/C15H20N4O/c1-2-18-11-9-17-15(18)14(20)13-4-3-10-19(13)12-5-7-16-8-6-12/h3-4,9-12,16H,2,5-8H2,1H3. The molecule has 2 aromatic rings. The number of rotatable bonds is 4. The van der Waals surface area contributed by atoms with Crippen LogP contribution in [-0.4, -0.2) is 33.0 Å². The number of nitrogens with one attached hydrogen (secondary N) is 1. The minimum Gasteiger partial charge on any atom is -0.342 e. The van der Waals surface area contributed by atoms with Gasteiger partial charge in [-0.2, -0.15) is 0 Å². The molecule has 3 heterocycles. The van der Waals surface area contributed by atoms with Crippen molar-refractivity contribution in [3.63, 3.8) is 0 Å². The predicted molar refractivity (Wildman–Crippen MR) is 76.9 cm³/mol. The Bertz CT molecular complexity index is 593. The molecule has 0 unspecified atom stereocenters. The number of nitrogens with zero attached hydrogens (tertiary/aromatic N) is 3. The zero-order valence-electron chi connectivity index (χ0n) is 11.7. The van der Waals surface area contributed by atoms with Crippen LogP contribution < -0.4 is 5.32 Å². The zero-order chi connectivity index (χ0) is 13.9. The first-order valence-electron chi connectivity index (χ1n) is 7.24. The summed E-state index contributed by atoms with van der Waals surface area (Å²) in [6.07, 6.45) is 7.69. The topological polar surface area (TPSA) is 51.9 Å². The first kappa shape index (κ1) is 13.1. The fourth-order valence-corrected chi connectivity index (χ4v) is 2.88. The number of hydrogen-bond acceptors (Lipinski definition) is 3. The average Bonchev–Trinajstić information content (AvgIpc) is 3.16. The van der Waals surface area contributed by atoms with Crippen molar-refractivity contribution in [2.24, 2.45) is 0 Å². The normalized spacial score (nSPS) is 16.4. The number of carbonyl (C=O) groups excluding carboxylic acids is 1. The van der Waals surface area contributed by atoms with Gasteiger partial charge < -0.3 is 14.5 Å². The van der Waals surface area contributed by atoms with E-state index in [1.165, 1.54) is 0 Å². The van der Waals surface area contributed by atoms with Crippen molar-refractivity contribution >= 4 is 5.78 Å². The Morgan fingerprint density at radius 1 is 1.40 bits per heavy atom. The second-order valence-electron chi connectivity index (χ2n) is 5.15. The molecule has 0 bridgehead atoms. The lowest BCUT2D eigenvalue weighted by atomic mass is 10.1. The maximum atomic E-state index is 12.7. The molecular formula is C15H20N4O. The largest absolute Gasteiger partial charge is 0.342 e. The second-order valence-corrected chi connectivity index (χ2v) is 5.15. The summed E-state index contributed by atoms with van der Waals surface area (Å²) in [6, 6.07) is 4.27. The van der Waals surface area contributed by atoms with E-state index in [0.717, 1.165) is 38.2 Å². The van der Waals surface area contributed by atoms with Gasteiger partial charge in [-0.05, 0) is 45.0 Å². The lowest BCUT2D eigenvalue weighted by Crippen LogP contribution is -2.30. The van der Waals surface area contributed by atoms with Crippen molar-refractivity contribution in [3.05, 3.63) is 42.2 Å². The van der Waals surface area contributed by atoms with E-state index < -0.39 is 0 Å². The Balaban J connectivity index is 1.91. The van der Waals surface area contributed by atoms with Gasteiger partial charge in [0.05, 0.1) is 5.69 Å². The summed E-state index contributed by atoms with van der Waals surface area (Å²) < 4.78 is 4.01. The number of imidazole rings is 1.